The van der Waals surface area contributed by atoms with Crippen molar-refractivity contribution in [3.05, 3.63) is 0 Å². The van der Waals surface area contributed by atoms with Crippen LogP contribution in [0.15, 0.2) is 0 Å². The molecule has 0 spiro atoms. The van der Waals surface area contributed by atoms with Gasteiger partial charge in [-0.25, -0.2) is 0 Å². The Labute approximate surface area is 119 Å². The third-order valence-corrected chi connectivity index (χ3v) is 6.48. The van der Waals surface area contributed by atoms with Crippen LogP contribution >= 0.6 is 0 Å². The first-order valence-electron chi connectivity index (χ1n) is 8.91. The molecule has 4 atom stereocenters. The van der Waals surface area contributed by atoms with E-state index in [2.05, 4.69) is 19.2 Å². The molecule has 0 bridgehead atoms. The smallest absolute Gasteiger partial charge is 0.0121 e. The lowest BCUT2D eigenvalue weighted by atomic mass is 9.68. The molecule has 0 saturated heterocycles. The number of rotatable bonds is 2. The highest BCUT2D eigenvalue weighted by atomic mass is 15.0. The monoisotopic (exact) mass is 263 g/mol. The molecule has 3 saturated carbocycles. The quantitative estimate of drug-likeness (QED) is 0.747. The van der Waals surface area contributed by atoms with E-state index in [-0.39, 0.29) is 0 Å². The lowest BCUT2D eigenvalue weighted by Crippen LogP contribution is -2.50. The van der Waals surface area contributed by atoms with Crippen LogP contribution in [-0.2, 0) is 0 Å². The largest absolute Gasteiger partial charge is 0.311 e. The van der Waals surface area contributed by atoms with Gasteiger partial charge in [-0.05, 0) is 49.4 Å². The molecule has 3 aliphatic carbocycles. The van der Waals surface area contributed by atoms with Crippen LogP contribution in [0.1, 0.15) is 84.5 Å². The first-order valence-corrected chi connectivity index (χ1v) is 8.91. The molecule has 110 valence electrons. The van der Waals surface area contributed by atoms with E-state index in [4.69, 9.17) is 0 Å². The summed E-state index contributed by atoms with van der Waals surface area (Å²) >= 11 is 0. The van der Waals surface area contributed by atoms with Crippen molar-refractivity contribution in [2.75, 3.05) is 0 Å². The molecule has 19 heavy (non-hydrogen) atoms. The van der Waals surface area contributed by atoms with Crippen molar-refractivity contribution in [1.29, 1.82) is 0 Å². The molecule has 4 unspecified atom stereocenters. The number of nitrogens with one attached hydrogen (secondary N) is 1. The van der Waals surface area contributed by atoms with Crippen LogP contribution in [0.2, 0.25) is 0 Å². The SMILES string of the molecule is CC1(C)CCCCC1NC1CCC2CCCCC2C1. The average Bonchev–Trinajstić information content (AvgIpc) is 2.41. The Bertz CT molecular complexity index is 296. The van der Waals surface area contributed by atoms with Crippen molar-refractivity contribution < 1.29 is 0 Å². The summed E-state index contributed by atoms with van der Waals surface area (Å²) in [6.45, 7) is 4.96. The molecule has 0 amide bonds. The van der Waals surface area contributed by atoms with E-state index in [1.54, 1.807) is 0 Å². The zero-order valence-electron chi connectivity index (χ0n) is 13.1. The normalized spacial score (nSPS) is 42.6. The second-order valence-electron chi connectivity index (χ2n) is 8.27. The predicted molar refractivity (Wildman–Crippen MR) is 82.3 cm³/mol. The van der Waals surface area contributed by atoms with Gasteiger partial charge in [0.25, 0.3) is 0 Å². The number of hydrogen-bond donors (Lipinski definition) is 1. The minimum atomic E-state index is 0.529. The van der Waals surface area contributed by atoms with Crippen molar-refractivity contribution >= 4 is 0 Å². The highest BCUT2D eigenvalue weighted by Crippen LogP contribution is 2.42. The highest BCUT2D eigenvalue weighted by Gasteiger charge is 2.37. The maximum absolute atomic E-state index is 4.08. The molecule has 3 rings (SSSR count). The fourth-order valence-electron chi connectivity index (χ4n) is 5.11. The maximum Gasteiger partial charge on any atom is 0.0121 e. The number of hydrogen-bond acceptors (Lipinski definition) is 1. The molecule has 0 heterocycles. The van der Waals surface area contributed by atoms with Gasteiger partial charge in [-0.3, -0.25) is 0 Å². The topological polar surface area (TPSA) is 12.0 Å². The molecule has 0 aliphatic heterocycles. The predicted octanol–water partition coefficient (Wildman–Crippen LogP) is 4.90. The lowest BCUT2D eigenvalue weighted by Gasteiger charge is -2.45. The molecule has 1 nitrogen and oxygen atoms in total. The Hall–Kier alpha value is -0.0400. The summed E-state index contributed by atoms with van der Waals surface area (Å²) in [5.74, 6) is 2.15. The molecule has 3 fully saturated rings. The van der Waals surface area contributed by atoms with Crippen LogP contribution in [0.25, 0.3) is 0 Å². The molecule has 1 N–H and O–H groups in total. The molecular formula is C18H33N. The Kier molecular flexibility index (Phi) is 4.22. The second-order valence-corrected chi connectivity index (χ2v) is 8.27. The van der Waals surface area contributed by atoms with Crippen molar-refractivity contribution in [3.63, 3.8) is 0 Å². The molecule has 1 heteroatoms. The summed E-state index contributed by atoms with van der Waals surface area (Å²) in [7, 11) is 0. The first kappa shape index (κ1) is 13.9. The van der Waals surface area contributed by atoms with Gasteiger partial charge in [0, 0.05) is 12.1 Å². The van der Waals surface area contributed by atoms with E-state index in [1.165, 1.54) is 70.6 Å². The standard InChI is InChI=1S/C18H33N/c1-18(2)12-6-5-9-17(18)19-16-11-10-14-7-3-4-8-15(14)13-16/h14-17,19H,3-13H2,1-2H3. The van der Waals surface area contributed by atoms with E-state index in [0.29, 0.717) is 5.41 Å². The minimum absolute atomic E-state index is 0.529. The van der Waals surface area contributed by atoms with Crippen LogP contribution in [0.4, 0.5) is 0 Å². The van der Waals surface area contributed by atoms with E-state index >= 15 is 0 Å². The molecule has 0 radical (unpaired) electrons. The van der Waals surface area contributed by atoms with Gasteiger partial charge in [-0.2, -0.15) is 0 Å². The van der Waals surface area contributed by atoms with Crippen LogP contribution in [0, 0.1) is 17.3 Å². The van der Waals surface area contributed by atoms with Crippen LogP contribution < -0.4 is 5.32 Å². The second kappa shape index (κ2) is 5.76. The molecule has 0 aromatic rings. The van der Waals surface area contributed by atoms with Crippen molar-refractivity contribution in [2.24, 2.45) is 17.3 Å². The van der Waals surface area contributed by atoms with Gasteiger partial charge >= 0.3 is 0 Å². The van der Waals surface area contributed by atoms with E-state index in [0.717, 1.165) is 23.9 Å². The molecule has 0 aromatic carbocycles. The average molecular weight is 263 g/mol. The summed E-state index contributed by atoms with van der Waals surface area (Å²) < 4.78 is 0. The Morgan fingerprint density at radius 2 is 1.53 bits per heavy atom. The fourth-order valence-corrected chi connectivity index (χ4v) is 5.11. The molecule has 3 aliphatic rings. The summed E-state index contributed by atoms with van der Waals surface area (Å²) in [4.78, 5) is 0. The number of fused-ring (bicyclic) bond motifs is 1. The Morgan fingerprint density at radius 1 is 0.789 bits per heavy atom. The summed E-state index contributed by atoms with van der Waals surface area (Å²) in [5, 5.41) is 4.08. The van der Waals surface area contributed by atoms with E-state index in [9.17, 15) is 0 Å². The van der Waals surface area contributed by atoms with Gasteiger partial charge in [0.2, 0.25) is 0 Å². The van der Waals surface area contributed by atoms with Crippen molar-refractivity contribution in [3.8, 4) is 0 Å². The molecule has 0 aromatic heterocycles. The Morgan fingerprint density at radius 3 is 2.32 bits per heavy atom. The zero-order valence-corrected chi connectivity index (χ0v) is 13.1. The Balaban J connectivity index is 1.55. The maximum atomic E-state index is 4.08. The summed E-state index contributed by atoms with van der Waals surface area (Å²) in [5.41, 5.74) is 0.529. The minimum Gasteiger partial charge on any atom is -0.311 e. The third-order valence-electron chi connectivity index (χ3n) is 6.48. The van der Waals surface area contributed by atoms with Gasteiger partial charge in [-0.15, -0.1) is 0 Å². The van der Waals surface area contributed by atoms with E-state index in [1.807, 2.05) is 0 Å². The lowest BCUT2D eigenvalue weighted by molar-refractivity contribution is 0.103. The third kappa shape index (κ3) is 3.17. The van der Waals surface area contributed by atoms with Gasteiger partial charge in [0.1, 0.15) is 0 Å². The van der Waals surface area contributed by atoms with Gasteiger partial charge in [-0.1, -0.05) is 52.4 Å². The van der Waals surface area contributed by atoms with Crippen LogP contribution in [0.5, 0.6) is 0 Å². The van der Waals surface area contributed by atoms with Gasteiger partial charge < -0.3 is 5.32 Å². The van der Waals surface area contributed by atoms with Gasteiger partial charge in [0.05, 0.1) is 0 Å². The zero-order chi connectivity index (χ0) is 13.3. The van der Waals surface area contributed by atoms with E-state index < -0.39 is 0 Å². The summed E-state index contributed by atoms with van der Waals surface area (Å²) in [6.07, 6.45) is 16.2. The fraction of sp³-hybridized carbons (Fsp3) is 1.00. The summed E-state index contributed by atoms with van der Waals surface area (Å²) in [6, 6.07) is 1.62. The van der Waals surface area contributed by atoms with Crippen molar-refractivity contribution in [1.82, 2.24) is 5.32 Å². The van der Waals surface area contributed by atoms with Crippen LogP contribution in [-0.4, -0.2) is 12.1 Å². The van der Waals surface area contributed by atoms with Crippen LogP contribution in [0.3, 0.4) is 0 Å². The van der Waals surface area contributed by atoms with Gasteiger partial charge in [0.15, 0.2) is 0 Å². The first-order chi connectivity index (χ1) is 9.15. The van der Waals surface area contributed by atoms with Crippen molar-refractivity contribution in [2.45, 2.75) is 96.6 Å². The highest BCUT2D eigenvalue weighted by molar-refractivity contribution is 4.93. The molecular weight excluding hydrogens is 230 g/mol.